The van der Waals surface area contributed by atoms with Gasteiger partial charge in [-0.1, -0.05) is 35.0 Å². The Morgan fingerprint density at radius 2 is 1.95 bits per heavy atom. The van der Waals surface area contributed by atoms with Crippen molar-refractivity contribution in [3.8, 4) is 0 Å². The van der Waals surface area contributed by atoms with Crippen LogP contribution >= 0.6 is 0 Å². The maximum Gasteiger partial charge on any atom is 0.273 e. The minimum absolute atomic E-state index is 0.0779. The van der Waals surface area contributed by atoms with Crippen molar-refractivity contribution >= 4 is 5.91 Å². The van der Waals surface area contributed by atoms with Crippen LogP contribution < -0.4 is 5.32 Å². The molecule has 0 aliphatic heterocycles. The Bertz CT molecular complexity index is 681. The number of aryl methyl sites for hydroxylation is 1. The van der Waals surface area contributed by atoms with E-state index in [0.29, 0.717) is 17.5 Å². The second-order valence-corrected chi connectivity index (χ2v) is 6.59. The van der Waals surface area contributed by atoms with Gasteiger partial charge in [0.2, 0.25) is 0 Å². The zero-order valence-electron chi connectivity index (χ0n) is 12.7. The van der Waals surface area contributed by atoms with Crippen LogP contribution in [0.15, 0.2) is 34.9 Å². The number of aromatic nitrogens is 1. The number of carbonyl (C=O) groups is 1. The largest absolute Gasteiger partial charge is 0.360 e. The quantitative estimate of drug-likeness (QED) is 0.914. The van der Waals surface area contributed by atoms with Crippen LogP contribution in [0.5, 0.6) is 0 Å². The van der Waals surface area contributed by atoms with E-state index in [9.17, 15) is 4.79 Å². The summed E-state index contributed by atoms with van der Waals surface area (Å²) in [5.41, 5.74) is 2.81. The molecule has 4 nitrogen and oxygen atoms in total. The van der Waals surface area contributed by atoms with E-state index in [1.807, 2.05) is 0 Å². The summed E-state index contributed by atoms with van der Waals surface area (Å²) in [6.45, 7) is 2.07. The normalized spacial score (nSPS) is 19.0. The standard InChI is InChI=1S/C18H20N2O2/c1-11-2-4-13(5-3-11)17(14-8-9-14)19-18(21)15-10-16(22-20-15)12-6-7-12/h2-5,10,12,14,17H,6-9H2,1H3,(H,19,21). The molecule has 1 aromatic carbocycles. The van der Waals surface area contributed by atoms with Gasteiger partial charge in [-0.2, -0.15) is 0 Å². The summed E-state index contributed by atoms with van der Waals surface area (Å²) < 4.78 is 5.28. The number of nitrogens with zero attached hydrogens (tertiary/aromatic N) is 1. The third-order valence-electron chi connectivity index (χ3n) is 4.56. The van der Waals surface area contributed by atoms with Crippen molar-refractivity contribution < 1.29 is 9.32 Å². The van der Waals surface area contributed by atoms with Gasteiger partial charge in [-0.25, -0.2) is 0 Å². The molecule has 0 spiro atoms. The monoisotopic (exact) mass is 296 g/mol. The summed E-state index contributed by atoms with van der Waals surface area (Å²) in [4.78, 5) is 12.5. The average Bonchev–Trinajstić information content (AvgIpc) is 3.45. The second-order valence-electron chi connectivity index (χ2n) is 6.59. The van der Waals surface area contributed by atoms with E-state index in [1.165, 1.54) is 24.0 Å². The molecular weight excluding hydrogens is 276 g/mol. The van der Waals surface area contributed by atoms with Crippen LogP contribution in [0.1, 0.15) is 65.0 Å². The van der Waals surface area contributed by atoms with E-state index in [4.69, 9.17) is 4.52 Å². The Morgan fingerprint density at radius 1 is 1.23 bits per heavy atom. The molecule has 1 atom stereocenters. The molecule has 2 saturated carbocycles. The number of hydrogen-bond acceptors (Lipinski definition) is 3. The van der Waals surface area contributed by atoms with Crippen molar-refractivity contribution in [2.45, 2.75) is 44.6 Å². The highest BCUT2D eigenvalue weighted by atomic mass is 16.5. The van der Waals surface area contributed by atoms with Crippen LogP contribution in [0, 0.1) is 12.8 Å². The predicted octanol–water partition coefficient (Wildman–Crippen LogP) is 3.74. The minimum atomic E-state index is -0.131. The van der Waals surface area contributed by atoms with Crippen LogP contribution in [0.3, 0.4) is 0 Å². The first-order chi connectivity index (χ1) is 10.7. The van der Waals surface area contributed by atoms with E-state index < -0.39 is 0 Å². The molecule has 4 rings (SSSR count). The molecule has 22 heavy (non-hydrogen) atoms. The van der Waals surface area contributed by atoms with Crippen LogP contribution in [0.2, 0.25) is 0 Å². The lowest BCUT2D eigenvalue weighted by Gasteiger charge is -2.18. The van der Waals surface area contributed by atoms with E-state index in [2.05, 4.69) is 41.7 Å². The van der Waals surface area contributed by atoms with Crippen molar-refractivity contribution in [1.82, 2.24) is 10.5 Å². The van der Waals surface area contributed by atoms with Gasteiger partial charge in [-0.05, 0) is 44.1 Å². The van der Waals surface area contributed by atoms with Gasteiger partial charge in [-0.3, -0.25) is 4.79 Å². The Balaban J connectivity index is 1.50. The molecule has 1 amide bonds. The lowest BCUT2D eigenvalue weighted by molar-refractivity contribution is 0.0922. The highest BCUT2D eigenvalue weighted by Gasteiger charge is 2.34. The predicted molar refractivity (Wildman–Crippen MR) is 82.6 cm³/mol. The third-order valence-corrected chi connectivity index (χ3v) is 4.56. The highest BCUT2D eigenvalue weighted by molar-refractivity contribution is 5.92. The maximum atomic E-state index is 12.5. The van der Waals surface area contributed by atoms with E-state index in [0.717, 1.165) is 18.6 Å². The molecule has 1 unspecified atom stereocenters. The van der Waals surface area contributed by atoms with Crippen LogP contribution in [0.4, 0.5) is 0 Å². The van der Waals surface area contributed by atoms with Crippen LogP contribution in [-0.2, 0) is 0 Å². The van der Waals surface area contributed by atoms with Crippen LogP contribution in [0.25, 0.3) is 0 Å². The van der Waals surface area contributed by atoms with Crippen molar-refractivity contribution in [3.63, 3.8) is 0 Å². The highest BCUT2D eigenvalue weighted by Crippen LogP contribution is 2.42. The average molecular weight is 296 g/mol. The van der Waals surface area contributed by atoms with E-state index in [1.54, 1.807) is 6.07 Å². The molecule has 1 aromatic heterocycles. The van der Waals surface area contributed by atoms with Gasteiger partial charge in [-0.15, -0.1) is 0 Å². The first-order valence-corrected chi connectivity index (χ1v) is 8.05. The molecule has 2 aliphatic rings. The maximum absolute atomic E-state index is 12.5. The Kier molecular flexibility index (Phi) is 3.25. The molecule has 0 radical (unpaired) electrons. The van der Waals surface area contributed by atoms with Crippen molar-refractivity contribution in [1.29, 1.82) is 0 Å². The fraction of sp³-hybridized carbons (Fsp3) is 0.444. The number of hydrogen-bond donors (Lipinski definition) is 1. The number of amides is 1. The molecule has 0 saturated heterocycles. The molecule has 4 heteroatoms. The van der Waals surface area contributed by atoms with Gasteiger partial charge in [0.05, 0.1) is 6.04 Å². The fourth-order valence-corrected chi connectivity index (χ4v) is 2.85. The van der Waals surface area contributed by atoms with Gasteiger partial charge in [0.25, 0.3) is 5.91 Å². The number of carbonyl (C=O) groups excluding carboxylic acids is 1. The fourth-order valence-electron chi connectivity index (χ4n) is 2.85. The molecule has 2 aromatic rings. The van der Waals surface area contributed by atoms with Crippen molar-refractivity contribution in [2.75, 3.05) is 0 Å². The van der Waals surface area contributed by atoms with Crippen molar-refractivity contribution in [2.24, 2.45) is 5.92 Å². The number of nitrogens with one attached hydrogen (secondary N) is 1. The summed E-state index contributed by atoms with van der Waals surface area (Å²) in [6.07, 6.45) is 4.63. The Hall–Kier alpha value is -2.10. The lowest BCUT2D eigenvalue weighted by Crippen LogP contribution is -2.30. The molecule has 2 aliphatic carbocycles. The summed E-state index contributed by atoms with van der Waals surface area (Å²) in [7, 11) is 0. The summed E-state index contributed by atoms with van der Waals surface area (Å²) in [5.74, 6) is 1.74. The van der Waals surface area contributed by atoms with E-state index in [-0.39, 0.29) is 11.9 Å². The first-order valence-electron chi connectivity index (χ1n) is 8.05. The summed E-state index contributed by atoms with van der Waals surface area (Å²) >= 11 is 0. The second kappa shape index (κ2) is 5.27. The molecule has 0 bridgehead atoms. The summed E-state index contributed by atoms with van der Waals surface area (Å²) in [5, 5.41) is 7.07. The Morgan fingerprint density at radius 3 is 2.59 bits per heavy atom. The van der Waals surface area contributed by atoms with Gasteiger partial charge in [0, 0.05) is 12.0 Å². The third kappa shape index (κ3) is 2.78. The van der Waals surface area contributed by atoms with Gasteiger partial charge >= 0.3 is 0 Å². The number of benzene rings is 1. The SMILES string of the molecule is Cc1ccc(C(NC(=O)c2cc(C3CC3)on2)C2CC2)cc1. The first kappa shape index (κ1) is 13.6. The molecule has 2 fully saturated rings. The molecule has 1 heterocycles. The lowest BCUT2D eigenvalue weighted by atomic mass is 10.0. The topological polar surface area (TPSA) is 55.1 Å². The molecule has 1 N–H and O–H groups in total. The zero-order valence-corrected chi connectivity index (χ0v) is 12.7. The smallest absolute Gasteiger partial charge is 0.273 e. The van der Waals surface area contributed by atoms with E-state index >= 15 is 0 Å². The van der Waals surface area contributed by atoms with Crippen LogP contribution in [-0.4, -0.2) is 11.1 Å². The zero-order chi connectivity index (χ0) is 15.1. The summed E-state index contributed by atoms with van der Waals surface area (Å²) in [6, 6.07) is 10.3. The van der Waals surface area contributed by atoms with Gasteiger partial charge in [0.1, 0.15) is 5.76 Å². The number of rotatable bonds is 5. The molecule has 114 valence electrons. The van der Waals surface area contributed by atoms with Crippen molar-refractivity contribution in [3.05, 3.63) is 52.9 Å². The van der Waals surface area contributed by atoms with Gasteiger partial charge in [0.15, 0.2) is 5.69 Å². The molecular formula is C18H20N2O2. The minimum Gasteiger partial charge on any atom is -0.360 e. The van der Waals surface area contributed by atoms with Gasteiger partial charge < -0.3 is 9.84 Å². The Labute approximate surface area is 129 Å².